The predicted octanol–water partition coefficient (Wildman–Crippen LogP) is 7.02. The molecule has 0 N–H and O–H groups in total. The minimum Gasteiger partial charge on any atom is -0.109 e. The summed E-state index contributed by atoms with van der Waals surface area (Å²) in [5.41, 5.74) is 2.78. The van der Waals surface area contributed by atoms with E-state index in [1.807, 2.05) is 12.1 Å². The van der Waals surface area contributed by atoms with E-state index in [2.05, 4.69) is 83.1 Å². The molecule has 0 bridgehead atoms. The molecule has 0 spiro atoms. The van der Waals surface area contributed by atoms with Crippen molar-refractivity contribution in [2.75, 3.05) is 0 Å². The average molecular weight is 329 g/mol. The Kier molecular flexibility index (Phi) is 5.26. The first-order chi connectivity index (χ1) is 10.6. The molecule has 0 aromatic heterocycles. The van der Waals surface area contributed by atoms with Crippen molar-refractivity contribution in [2.45, 2.75) is 52.3 Å². The summed E-state index contributed by atoms with van der Waals surface area (Å²) in [7, 11) is 0. The van der Waals surface area contributed by atoms with Crippen LogP contribution in [0.1, 0.15) is 58.6 Å². The van der Waals surface area contributed by atoms with Gasteiger partial charge in [-0.05, 0) is 34.8 Å². The number of halogens is 1. The van der Waals surface area contributed by atoms with Gasteiger partial charge in [0.05, 0.1) is 4.87 Å². The second kappa shape index (κ2) is 6.69. The maximum absolute atomic E-state index is 7.30. The first-order valence-corrected chi connectivity index (χ1v) is 8.80. The maximum atomic E-state index is 7.30. The van der Waals surface area contributed by atoms with E-state index < -0.39 is 4.87 Å². The Morgan fingerprint density at radius 2 is 1.04 bits per heavy atom. The smallest absolute Gasteiger partial charge is 0.0949 e. The van der Waals surface area contributed by atoms with Crippen LogP contribution < -0.4 is 0 Å². The van der Waals surface area contributed by atoms with Crippen LogP contribution >= 0.6 is 11.6 Å². The lowest BCUT2D eigenvalue weighted by atomic mass is 9.69. The van der Waals surface area contributed by atoms with Crippen molar-refractivity contribution in [3.8, 4) is 0 Å². The molecule has 0 atom stereocenters. The summed E-state index contributed by atoms with van der Waals surface area (Å²) >= 11 is 7.30. The van der Waals surface area contributed by atoms with Crippen LogP contribution in [0.25, 0.3) is 0 Å². The van der Waals surface area contributed by atoms with E-state index in [1.54, 1.807) is 0 Å². The number of benzene rings is 2. The fourth-order valence-corrected chi connectivity index (χ4v) is 4.55. The van der Waals surface area contributed by atoms with E-state index in [-0.39, 0.29) is 10.8 Å². The summed E-state index contributed by atoms with van der Waals surface area (Å²) in [5, 5.41) is 0. The summed E-state index contributed by atoms with van der Waals surface area (Å²) in [4.78, 5) is -0.489. The molecule has 0 unspecified atom stereocenters. The maximum Gasteiger partial charge on any atom is 0.0949 e. The van der Waals surface area contributed by atoms with Gasteiger partial charge in [0.25, 0.3) is 0 Å². The van der Waals surface area contributed by atoms with Crippen LogP contribution in [-0.4, -0.2) is 0 Å². The van der Waals surface area contributed by atoms with Crippen molar-refractivity contribution in [1.82, 2.24) is 0 Å². The highest BCUT2D eigenvalue weighted by molar-refractivity contribution is 6.26. The van der Waals surface area contributed by atoms with Crippen molar-refractivity contribution < 1.29 is 0 Å². The van der Waals surface area contributed by atoms with Crippen LogP contribution in [0, 0.1) is 10.8 Å². The molecule has 0 aliphatic rings. The van der Waals surface area contributed by atoms with Gasteiger partial charge in [0, 0.05) is 0 Å². The average Bonchev–Trinajstić information content (AvgIpc) is 2.46. The van der Waals surface area contributed by atoms with Crippen molar-refractivity contribution in [3.05, 3.63) is 71.8 Å². The molecule has 0 radical (unpaired) electrons. The minimum absolute atomic E-state index is 0.145. The summed E-state index contributed by atoms with van der Waals surface area (Å²) < 4.78 is 0. The summed E-state index contributed by atoms with van der Waals surface area (Å²) in [5.74, 6) is 0. The van der Waals surface area contributed by atoms with E-state index >= 15 is 0 Å². The Balaban J connectivity index is 2.43. The standard InChI is InChI=1S/C22H29Cl/c1-20(2,3)16-21(4,5)17-22(23,18-12-8-6-9-13-18)19-14-10-7-11-15-19/h6-15H,16-17H2,1-5H3. The van der Waals surface area contributed by atoms with Crippen LogP contribution in [0.4, 0.5) is 0 Å². The number of hydrogen-bond donors (Lipinski definition) is 0. The van der Waals surface area contributed by atoms with Gasteiger partial charge in [-0.3, -0.25) is 0 Å². The Hall–Kier alpha value is -1.27. The first kappa shape index (κ1) is 18.1. The van der Waals surface area contributed by atoms with Gasteiger partial charge in [0.15, 0.2) is 0 Å². The third-order valence-electron chi connectivity index (χ3n) is 4.19. The Morgan fingerprint density at radius 3 is 1.39 bits per heavy atom. The topological polar surface area (TPSA) is 0 Å². The third-order valence-corrected chi connectivity index (χ3v) is 4.76. The van der Waals surface area contributed by atoms with E-state index in [4.69, 9.17) is 11.6 Å². The monoisotopic (exact) mass is 328 g/mol. The lowest BCUT2D eigenvalue weighted by molar-refractivity contribution is 0.185. The minimum atomic E-state index is -0.489. The van der Waals surface area contributed by atoms with Gasteiger partial charge < -0.3 is 0 Å². The third kappa shape index (κ3) is 4.85. The quantitative estimate of drug-likeness (QED) is 0.517. The fourth-order valence-electron chi connectivity index (χ4n) is 3.93. The molecule has 124 valence electrons. The fraction of sp³-hybridized carbons (Fsp3) is 0.455. The zero-order valence-electron chi connectivity index (χ0n) is 15.1. The Morgan fingerprint density at radius 1 is 0.652 bits per heavy atom. The van der Waals surface area contributed by atoms with Crippen molar-refractivity contribution in [3.63, 3.8) is 0 Å². The molecule has 23 heavy (non-hydrogen) atoms. The zero-order chi connectivity index (χ0) is 17.1. The highest BCUT2D eigenvalue weighted by Gasteiger charge is 2.39. The van der Waals surface area contributed by atoms with Crippen LogP contribution in [0.2, 0.25) is 0 Å². The lowest BCUT2D eigenvalue weighted by Crippen LogP contribution is -2.31. The molecule has 0 saturated carbocycles. The molecule has 2 rings (SSSR count). The largest absolute Gasteiger partial charge is 0.109 e. The first-order valence-electron chi connectivity index (χ1n) is 8.42. The molecule has 0 heterocycles. The van der Waals surface area contributed by atoms with Gasteiger partial charge in [-0.1, -0.05) is 95.3 Å². The molecule has 2 aromatic rings. The summed E-state index contributed by atoms with van der Waals surface area (Å²) in [6, 6.07) is 21.0. The second-order valence-corrected chi connectivity index (χ2v) is 9.26. The molecule has 0 aliphatic carbocycles. The molecule has 2 aromatic carbocycles. The molecular weight excluding hydrogens is 300 g/mol. The second-order valence-electron chi connectivity index (χ2n) is 8.61. The molecular formula is C22H29Cl. The van der Waals surface area contributed by atoms with Crippen LogP contribution in [0.15, 0.2) is 60.7 Å². The van der Waals surface area contributed by atoms with Gasteiger partial charge in [-0.2, -0.15) is 0 Å². The van der Waals surface area contributed by atoms with Gasteiger partial charge >= 0.3 is 0 Å². The van der Waals surface area contributed by atoms with Crippen LogP contribution in [0.5, 0.6) is 0 Å². The van der Waals surface area contributed by atoms with Crippen molar-refractivity contribution >= 4 is 11.6 Å². The normalized spacial score (nSPS) is 13.1. The number of rotatable bonds is 5. The van der Waals surface area contributed by atoms with Gasteiger partial charge in [-0.15, -0.1) is 11.6 Å². The molecule has 0 saturated heterocycles. The van der Waals surface area contributed by atoms with Crippen LogP contribution in [0.3, 0.4) is 0 Å². The highest BCUT2D eigenvalue weighted by atomic mass is 35.5. The molecule has 0 aliphatic heterocycles. The van der Waals surface area contributed by atoms with Gasteiger partial charge in [-0.25, -0.2) is 0 Å². The summed E-state index contributed by atoms with van der Waals surface area (Å²) in [6.45, 7) is 11.6. The molecule has 0 amide bonds. The van der Waals surface area contributed by atoms with Crippen molar-refractivity contribution in [2.24, 2.45) is 10.8 Å². The van der Waals surface area contributed by atoms with Gasteiger partial charge in [0.1, 0.15) is 0 Å². The lowest BCUT2D eigenvalue weighted by Gasteiger charge is -2.40. The molecule has 0 nitrogen and oxygen atoms in total. The zero-order valence-corrected chi connectivity index (χ0v) is 15.8. The number of alkyl halides is 1. The Labute approximate surface area is 146 Å². The van der Waals surface area contributed by atoms with E-state index in [1.165, 1.54) is 11.1 Å². The van der Waals surface area contributed by atoms with E-state index in [0.29, 0.717) is 0 Å². The summed E-state index contributed by atoms with van der Waals surface area (Å²) in [6.07, 6.45) is 2.04. The van der Waals surface area contributed by atoms with Gasteiger partial charge in [0.2, 0.25) is 0 Å². The Bertz CT molecular complexity index is 566. The van der Waals surface area contributed by atoms with Crippen molar-refractivity contribution in [1.29, 1.82) is 0 Å². The highest BCUT2D eigenvalue weighted by Crippen LogP contribution is 2.48. The SMILES string of the molecule is CC(C)(C)CC(C)(C)CC(Cl)(c1ccccc1)c1ccccc1. The van der Waals surface area contributed by atoms with Crippen LogP contribution in [-0.2, 0) is 4.87 Å². The van der Waals surface area contributed by atoms with E-state index in [9.17, 15) is 0 Å². The molecule has 1 heteroatoms. The van der Waals surface area contributed by atoms with E-state index in [0.717, 1.165) is 12.8 Å². The number of hydrogen-bond acceptors (Lipinski definition) is 0. The predicted molar refractivity (Wildman–Crippen MR) is 102 cm³/mol. The molecule has 0 fully saturated rings.